The summed E-state index contributed by atoms with van der Waals surface area (Å²) in [6.45, 7) is 6.45. The summed E-state index contributed by atoms with van der Waals surface area (Å²) in [5, 5.41) is 13.1. The number of aromatic nitrogens is 4. The highest BCUT2D eigenvalue weighted by atomic mass is 32.1. The van der Waals surface area contributed by atoms with Crippen molar-refractivity contribution in [3.05, 3.63) is 24.0 Å². The fourth-order valence-corrected chi connectivity index (χ4v) is 5.54. The first-order chi connectivity index (χ1) is 16.7. The normalized spacial score (nSPS) is 21.4. The molecular weight excluding hydrogens is 450 g/mol. The van der Waals surface area contributed by atoms with Crippen LogP contribution in [0.1, 0.15) is 44.2 Å². The Morgan fingerprint density at radius 3 is 2.79 bits per heavy atom. The zero-order chi connectivity index (χ0) is 23.3. The molecule has 4 heterocycles. The van der Waals surface area contributed by atoms with Crippen molar-refractivity contribution in [2.45, 2.75) is 64.1 Å². The lowest BCUT2D eigenvalue weighted by atomic mass is 9.91. The van der Waals surface area contributed by atoms with Crippen LogP contribution in [-0.2, 0) is 11.3 Å². The van der Waals surface area contributed by atoms with Crippen LogP contribution in [0.2, 0.25) is 0 Å². The van der Waals surface area contributed by atoms with Gasteiger partial charge in [-0.3, -0.25) is 4.90 Å². The van der Waals surface area contributed by atoms with E-state index in [1.807, 2.05) is 25.3 Å². The van der Waals surface area contributed by atoms with Crippen molar-refractivity contribution in [1.29, 1.82) is 5.26 Å². The molecule has 1 saturated carbocycles. The maximum Gasteiger partial charge on any atom is 0.243 e. The van der Waals surface area contributed by atoms with Gasteiger partial charge in [0.15, 0.2) is 0 Å². The molecule has 2 aliphatic rings. The average molecular weight is 482 g/mol. The van der Waals surface area contributed by atoms with Crippen molar-refractivity contribution in [3.63, 3.8) is 0 Å². The maximum atomic E-state index is 8.94. The van der Waals surface area contributed by atoms with Gasteiger partial charge >= 0.3 is 0 Å². The van der Waals surface area contributed by atoms with E-state index in [0.717, 1.165) is 86.7 Å². The molecule has 0 amide bonds. The highest BCUT2D eigenvalue weighted by Gasteiger charge is 2.29. The molecule has 2 fully saturated rings. The SMILES string of the molecule is Cc1cc(Nc2nc(OC3CCC(N4CCOCC4)CC3)c3c(ccn3CCCC#N)n2)sn1. The van der Waals surface area contributed by atoms with E-state index in [2.05, 4.69) is 25.2 Å². The number of unbranched alkanes of at least 4 members (excludes halogenated alkanes) is 1. The Morgan fingerprint density at radius 2 is 2.06 bits per heavy atom. The number of ether oxygens (including phenoxy) is 2. The Balaban J connectivity index is 1.35. The molecule has 0 bridgehead atoms. The molecule has 5 rings (SSSR count). The van der Waals surface area contributed by atoms with Crippen molar-refractivity contribution in [3.8, 4) is 11.9 Å². The van der Waals surface area contributed by atoms with Crippen LogP contribution in [0.5, 0.6) is 5.88 Å². The summed E-state index contributed by atoms with van der Waals surface area (Å²) < 4.78 is 18.5. The summed E-state index contributed by atoms with van der Waals surface area (Å²) in [7, 11) is 0. The summed E-state index contributed by atoms with van der Waals surface area (Å²) in [5.41, 5.74) is 2.71. The van der Waals surface area contributed by atoms with Crippen LogP contribution in [0.15, 0.2) is 18.3 Å². The number of hydrogen-bond donors (Lipinski definition) is 1. The van der Waals surface area contributed by atoms with Gasteiger partial charge in [0.1, 0.15) is 16.6 Å². The smallest absolute Gasteiger partial charge is 0.243 e. The first-order valence-electron chi connectivity index (χ1n) is 12.1. The molecule has 34 heavy (non-hydrogen) atoms. The minimum absolute atomic E-state index is 0.136. The standard InChI is InChI=1S/C24H31N7O2S/c1-17-16-21(34-29-17)27-24-26-20-8-11-31(10-3-2-9-25)22(20)23(28-24)33-19-6-4-18(5-7-19)30-12-14-32-15-13-30/h8,11,16,18-19H,2-7,10,12-15H2,1H3,(H,26,27,28). The second-order valence-electron chi connectivity index (χ2n) is 9.01. The molecule has 1 aliphatic heterocycles. The molecule has 0 spiro atoms. The van der Waals surface area contributed by atoms with E-state index >= 15 is 0 Å². The van der Waals surface area contributed by atoms with E-state index in [9.17, 15) is 0 Å². The third-order valence-corrected chi connectivity index (χ3v) is 7.41. The highest BCUT2D eigenvalue weighted by Crippen LogP contribution is 2.32. The van der Waals surface area contributed by atoms with E-state index in [-0.39, 0.29) is 6.10 Å². The van der Waals surface area contributed by atoms with Gasteiger partial charge in [-0.25, -0.2) is 4.98 Å². The quantitative estimate of drug-likeness (QED) is 0.476. The topological polar surface area (TPSA) is 101 Å². The summed E-state index contributed by atoms with van der Waals surface area (Å²) in [5.74, 6) is 1.13. The minimum atomic E-state index is 0.136. The van der Waals surface area contributed by atoms with Gasteiger partial charge in [0.05, 0.1) is 30.5 Å². The fourth-order valence-electron chi connectivity index (χ4n) is 4.89. The zero-order valence-corrected chi connectivity index (χ0v) is 20.4. The Labute approximate surface area is 203 Å². The Hall–Kier alpha value is -2.74. The van der Waals surface area contributed by atoms with E-state index < -0.39 is 0 Å². The third-order valence-electron chi connectivity index (χ3n) is 6.61. The highest BCUT2D eigenvalue weighted by molar-refractivity contribution is 7.10. The lowest BCUT2D eigenvalue weighted by Gasteiger charge is -2.38. The van der Waals surface area contributed by atoms with Crippen molar-refractivity contribution in [2.24, 2.45) is 0 Å². The number of nitrogens with one attached hydrogen (secondary N) is 1. The molecule has 0 atom stereocenters. The third kappa shape index (κ3) is 5.32. The zero-order valence-electron chi connectivity index (χ0n) is 19.6. The molecule has 1 saturated heterocycles. The second-order valence-corrected chi connectivity index (χ2v) is 9.82. The Kier molecular flexibility index (Phi) is 7.23. The largest absolute Gasteiger partial charge is 0.473 e. The van der Waals surface area contributed by atoms with Gasteiger partial charge in [-0.05, 0) is 62.7 Å². The molecule has 3 aromatic rings. The number of nitrogens with zero attached hydrogens (tertiary/aromatic N) is 6. The van der Waals surface area contributed by atoms with E-state index in [1.54, 1.807) is 0 Å². The minimum Gasteiger partial charge on any atom is -0.473 e. The second kappa shape index (κ2) is 10.7. The van der Waals surface area contributed by atoms with Crippen molar-refractivity contribution < 1.29 is 9.47 Å². The number of morpholine rings is 1. The lowest BCUT2D eigenvalue weighted by molar-refractivity contribution is -0.00127. The molecule has 3 aromatic heterocycles. The van der Waals surface area contributed by atoms with Crippen LogP contribution in [-0.4, -0.2) is 62.3 Å². The van der Waals surface area contributed by atoms with Gasteiger partial charge in [0, 0.05) is 38.3 Å². The van der Waals surface area contributed by atoms with Crippen LogP contribution in [0.3, 0.4) is 0 Å². The predicted molar refractivity (Wildman–Crippen MR) is 132 cm³/mol. The molecule has 1 N–H and O–H groups in total. The Morgan fingerprint density at radius 1 is 1.24 bits per heavy atom. The molecule has 0 radical (unpaired) electrons. The van der Waals surface area contributed by atoms with E-state index in [1.165, 1.54) is 11.5 Å². The average Bonchev–Trinajstić information content (AvgIpc) is 3.46. The molecular formula is C24H31N7O2S. The number of anilines is 2. The van der Waals surface area contributed by atoms with E-state index in [0.29, 0.717) is 24.3 Å². The van der Waals surface area contributed by atoms with E-state index in [4.69, 9.17) is 24.7 Å². The molecule has 10 heteroatoms. The number of nitriles is 1. The molecule has 0 aromatic carbocycles. The summed E-state index contributed by atoms with van der Waals surface area (Å²) in [4.78, 5) is 12.1. The molecule has 180 valence electrons. The summed E-state index contributed by atoms with van der Waals surface area (Å²) in [6.07, 6.45) is 7.74. The van der Waals surface area contributed by atoms with Gasteiger partial charge in [0.25, 0.3) is 0 Å². The predicted octanol–water partition coefficient (Wildman–Crippen LogP) is 4.27. The van der Waals surface area contributed by atoms with Crippen LogP contribution in [0, 0.1) is 18.3 Å². The lowest BCUT2D eigenvalue weighted by Crippen LogP contribution is -2.46. The van der Waals surface area contributed by atoms with Crippen molar-refractivity contribution >= 4 is 33.5 Å². The Bertz CT molecular complexity index is 1140. The van der Waals surface area contributed by atoms with Crippen molar-refractivity contribution in [2.75, 3.05) is 31.6 Å². The van der Waals surface area contributed by atoms with Crippen LogP contribution >= 0.6 is 11.5 Å². The number of fused-ring (bicyclic) bond motifs is 1. The number of aryl methyl sites for hydroxylation is 2. The van der Waals surface area contributed by atoms with Gasteiger partial charge in [-0.2, -0.15) is 14.6 Å². The van der Waals surface area contributed by atoms with Gasteiger partial charge < -0.3 is 19.4 Å². The monoisotopic (exact) mass is 481 g/mol. The summed E-state index contributed by atoms with van der Waals surface area (Å²) in [6, 6.07) is 6.83. The fraction of sp³-hybridized carbons (Fsp3) is 0.583. The maximum absolute atomic E-state index is 8.94. The summed E-state index contributed by atoms with van der Waals surface area (Å²) >= 11 is 1.39. The van der Waals surface area contributed by atoms with Crippen LogP contribution < -0.4 is 10.1 Å². The first-order valence-corrected chi connectivity index (χ1v) is 12.9. The van der Waals surface area contributed by atoms with Gasteiger partial charge in [-0.1, -0.05) is 0 Å². The number of hydrogen-bond acceptors (Lipinski definition) is 9. The van der Waals surface area contributed by atoms with Gasteiger partial charge in [0.2, 0.25) is 11.8 Å². The number of rotatable bonds is 8. The molecule has 1 aliphatic carbocycles. The van der Waals surface area contributed by atoms with Crippen LogP contribution in [0.25, 0.3) is 11.0 Å². The molecule has 0 unspecified atom stereocenters. The van der Waals surface area contributed by atoms with Crippen molar-refractivity contribution in [1.82, 2.24) is 23.8 Å². The van der Waals surface area contributed by atoms with Crippen LogP contribution in [0.4, 0.5) is 10.9 Å². The molecule has 9 nitrogen and oxygen atoms in total. The van der Waals surface area contributed by atoms with Gasteiger partial charge in [-0.15, -0.1) is 0 Å². The first kappa shape index (κ1) is 23.0.